The number of hydrogen-bond acceptors (Lipinski definition) is 8. The molecule has 10 nitrogen and oxygen atoms in total. The Morgan fingerprint density at radius 2 is 1.97 bits per heavy atom. The van der Waals surface area contributed by atoms with Crippen LogP contribution in [0.2, 0.25) is 0 Å². The number of halogens is 1. The molecule has 3 rings (SSSR count). The number of pyridine rings is 1. The normalized spacial score (nSPS) is 16.1. The summed E-state index contributed by atoms with van der Waals surface area (Å²) < 4.78 is 28.3. The number of aromatic nitrogens is 1. The van der Waals surface area contributed by atoms with Crippen LogP contribution in [-0.4, -0.2) is 62.4 Å². The summed E-state index contributed by atoms with van der Waals surface area (Å²) in [5.74, 6) is 4.70. The van der Waals surface area contributed by atoms with Crippen LogP contribution in [0.1, 0.15) is 50.5 Å². The predicted octanol–water partition coefficient (Wildman–Crippen LogP) is 2.81. The molecule has 11 heteroatoms. The van der Waals surface area contributed by atoms with Gasteiger partial charge in [-0.25, -0.2) is 4.39 Å². The van der Waals surface area contributed by atoms with Gasteiger partial charge in [0.1, 0.15) is 23.4 Å². The molecule has 2 heterocycles. The number of rotatable bonds is 11. The molecule has 2 atom stereocenters. The Bertz CT molecular complexity index is 949. The fourth-order valence-electron chi connectivity index (χ4n) is 3.37. The summed E-state index contributed by atoms with van der Waals surface area (Å²) in [6.07, 6.45) is 3.32. The average Bonchev–Trinajstić information content (AvgIpc) is 3.36. The predicted molar refractivity (Wildman–Crippen MR) is 141 cm³/mol. The zero-order valence-electron chi connectivity index (χ0n) is 22.1. The maximum Gasteiger partial charge on any atom is 0.267 e. The summed E-state index contributed by atoms with van der Waals surface area (Å²) in [4.78, 5) is 29.8. The van der Waals surface area contributed by atoms with Crippen LogP contribution in [0.4, 0.5) is 10.1 Å². The lowest BCUT2D eigenvalue weighted by Crippen LogP contribution is -2.41. The highest BCUT2D eigenvalue weighted by atomic mass is 19.1. The van der Waals surface area contributed by atoms with Gasteiger partial charge in [0.2, 0.25) is 0 Å². The highest BCUT2D eigenvalue weighted by Gasteiger charge is 2.32. The zero-order valence-corrected chi connectivity index (χ0v) is 22.1. The van der Waals surface area contributed by atoms with Crippen LogP contribution in [0, 0.1) is 5.82 Å². The van der Waals surface area contributed by atoms with E-state index in [0.29, 0.717) is 44.2 Å². The first-order chi connectivity index (χ1) is 17.8. The monoisotopic (exact) mass is 521 g/mol. The van der Waals surface area contributed by atoms with E-state index < -0.39 is 12.0 Å². The SMILES string of the molecule is CC.CC1CCC(C(=O)N(CCOCCCNN)c2ccnc(C(N)=O)c2)O1.COc1cccc(F)c1. The number of anilines is 1. The van der Waals surface area contributed by atoms with Crippen molar-refractivity contribution in [3.05, 3.63) is 54.1 Å². The van der Waals surface area contributed by atoms with E-state index in [1.54, 1.807) is 23.1 Å². The van der Waals surface area contributed by atoms with Crippen molar-refractivity contribution in [1.82, 2.24) is 10.4 Å². The second kappa shape index (κ2) is 18.2. The van der Waals surface area contributed by atoms with Crippen LogP contribution in [-0.2, 0) is 14.3 Å². The molecule has 0 saturated carbocycles. The summed E-state index contributed by atoms with van der Waals surface area (Å²) >= 11 is 0. The smallest absolute Gasteiger partial charge is 0.267 e. The van der Waals surface area contributed by atoms with Crippen molar-refractivity contribution >= 4 is 17.5 Å². The minimum Gasteiger partial charge on any atom is -0.497 e. The van der Waals surface area contributed by atoms with E-state index in [9.17, 15) is 14.0 Å². The van der Waals surface area contributed by atoms with E-state index in [4.69, 9.17) is 25.8 Å². The van der Waals surface area contributed by atoms with Crippen LogP contribution >= 0.6 is 0 Å². The number of hydrazine groups is 1. The maximum absolute atomic E-state index is 12.9. The van der Waals surface area contributed by atoms with Gasteiger partial charge < -0.3 is 24.8 Å². The molecule has 2 unspecified atom stereocenters. The molecule has 0 bridgehead atoms. The average molecular weight is 522 g/mol. The molecule has 2 aromatic rings. The lowest BCUT2D eigenvalue weighted by atomic mass is 10.1. The molecular formula is C26H40FN5O5. The van der Waals surface area contributed by atoms with Gasteiger partial charge in [-0.1, -0.05) is 19.9 Å². The zero-order chi connectivity index (χ0) is 27.6. The number of ether oxygens (including phenoxy) is 3. The second-order valence-electron chi connectivity index (χ2n) is 7.85. The molecule has 5 N–H and O–H groups in total. The van der Waals surface area contributed by atoms with Gasteiger partial charge in [0.25, 0.3) is 11.8 Å². The van der Waals surface area contributed by atoms with Gasteiger partial charge in [0, 0.05) is 37.6 Å². The number of nitrogens with one attached hydrogen (secondary N) is 1. The lowest BCUT2D eigenvalue weighted by Gasteiger charge is -2.26. The van der Waals surface area contributed by atoms with Gasteiger partial charge in [0.15, 0.2) is 0 Å². The van der Waals surface area contributed by atoms with Gasteiger partial charge >= 0.3 is 0 Å². The summed E-state index contributed by atoms with van der Waals surface area (Å²) in [5.41, 5.74) is 8.51. The second-order valence-corrected chi connectivity index (χ2v) is 7.85. The number of hydrogen-bond donors (Lipinski definition) is 3. The molecule has 0 radical (unpaired) electrons. The highest BCUT2D eigenvalue weighted by molar-refractivity contribution is 5.98. The quantitative estimate of drug-likeness (QED) is 0.233. The van der Waals surface area contributed by atoms with E-state index in [-0.39, 0.29) is 23.5 Å². The molecule has 37 heavy (non-hydrogen) atoms. The fraction of sp³-hybridized carbons (Fsp3) is 0.500. The number of methoxy groups -OCH3 is 1. The number of benzene rings is 1. The third-order valence-electron chi connectivity index (χ3n) is 5.18. The summed E-state index contributed by atoms with van der Waals surface area (Å²) in [7, 11) is 1.51. The molecule has 1 aliphatic heterocycles. The molecule has 1 aromatic heterocycles. The highest BCUT2D eigenvalue weighted by Crippen LogP contribution is 2.24. The minimum absolute atomic E-state index is 0.0597. The van der Waals surface area contributed by atoms with E-state index in [2.05, 4.69) is 10.4 Å². The van der Waals surface area contributed by atoms with Crippen molar-refractivity contribution < 1.29 is 28.2 Å². The summed E-state index contributed by atoms with van der Waals surface area (Å²) in [6.45, 7) is 7.83. The molecular weight excluding hydrogens is 481 g/mol. The van der Waals surface area contributed by atoms with Gasteiger partial charge in [-0.15, -0.1) is 0 Å². The Morgan fingerprint density at radius 3 is 2.54 bits per heavy atom. The van der Waals surface area contributed by atoms with Crippen molar-refractivity contribution in [2.45, 2.75) is 52.2 Å². The van der Waals surface area contributed by atoms with Crippen LogP contribution in [0.15, 0.2) is 42.6 Å². The molecule has 0 aliphatic carbocycles. The number of carbonyl (C=O) groups excluding carboxylic acids is 2. The topological polar surface area (TPSA) is 142 Å². The van der Waals surface area contributed by atoms with E-state index in [1.807, 2.05) is 20.8 Å². The molecule has 1 fully saturated rings. The maximum atomic E-state index is 12.9. The third-order valence-corrected chi connectivity index (χ3v) is 5.18. The number of amides is 2. The largest absolute Gasteiger partial charge is 0.497 e. The number of nitrogens with two attached hydrogens (primary N) is 2. The molecule has 1 saturated heterocycles. The lowest BCUT2D eigenvalue weighted by molar-refractivity contribution is -0.129. The van der Waals surface area contributed by atoms with Gasteiger partial charge in [-0.05, 0) is 50.5 Å². The molecule has 1 aliphatic rings. The standard InChI is InChI=1S/C17H27N5O4.C7H7FO.C2H6/c1-12-3-4-15(26-12)17(24)22(8-10-25-9-2-6-21-19)13-5-7-20-14(11-13)16(18)23;1-9-7-4-2-3-6(8)5-7;1-2/h5,7,11-12,15,21H,2-4,6,8-10,19H2,1H3,(H2,18,23);2-5H,1H3;1-2H3. The van der Waals surface area contributed by atoms with Gasteiger partial charge in [-0.2, -0.15) is 0 Å². The minimum atomic E-state index is -0.643. The number of carbonyl (C=O) groups is 2. The molecule has 206 valence electrons. The first-order valence-electron chi connectivity index (χ1n) is 12.4. The molecule has 1 aromatic carbocycles. The van der Waals surface area contributed by atoms with Crippen molar-refractivity contribution in [2.75, 3.05) is 38.3 Å². The van der Waals surface area contributed by atoms with Crippen LogP contribution < -0.4 is 26.6 Å². The third kappa shape index (κ3) is 11.6. The summed E-state index contributed by atoms with van der Waals surface area (Å²) in [5, 5.41) is 0. The van der Waals surface area contributed by atoms with Crippen LogP contribution in [0.5, 0.6) is 5.75 Å². The Balaban J connectivity index is 0.000000519. The van der Waals surface area contributed by atoms with Crippen molar-refractivity contribution in [1.29, 1.82) is 0 Å². The van der Waals surface area contributed by atoms with Gasteiger partial charge in [-0.3, -0.25) is 25.8 Å². The molecule has 2 amide bonds. The fourth-order valence-corrected chi connectivity index (χ4v) is 3.37. The Kier molecular flexibility index (Phi) is 15.7. The molecule has 0 spiro atoms. The van der Waals surface area contributed by atoms with Gasteiger partial charge in [0.05, 0.1) is 19.8 Å². The van der Waals surface area contributed by atoms with E-state index in [1.165, 1.54) is 31.5 Å². The van der Waals surface area contributed by atoms with Crippen molar-refractivity contribution in [3.8, 4) is 5.75 Å². The summed E-state index contributed by atoms with van der Waals surface area (Å²) in [6, 6.07) is 9.19. The first-order valence-corrected chi connectivity index (χ1v) is 12.4. The first kappa shape index (κ1) is 31.9. The van der Waals surface area contributed by atoms with E-state index in [0.717, 1.165) is 12.8 Å². The van der Waals surface area contributed by atoms with Crippen molar-refractivity contribution in [2.24, 2.45) is 11.6 Å². The number of nitrogens with zero attached hydrogens (tertiary/aromatic N) is 2. The van der Waals surface area contributed by atoms with Crippen molar-refractivity contribution in [3.63, 3.8) is 0 Å². The van der Waals surface area contributed by atoms with Crippen LogP contribution in [0.3, 0.4) is 0 Å². The Hall–Kier alpha value is -3.12. The Labute approximate surface area is 218 Å². The van der Waals surface area contributed by atoms with Crippen LogP contribution in [0.25, 0.3) is 0 Å². The van der Waals surface area contributed by atoms with E-state index >= 15 is 0 Å². The Morgan fingerprint density at radius 1 is 1.22 bits per heavy atom. The number of primary amides is 1.